The van der Waals surface area contributed by atoms with Crippen LogP contribution in [0.25, 0.3) is 0 Å². The summed E-state index contributed by atoms with van der Waals surface area (Å²) in [6.45, 7) is 2.13. The molecule has 0 bridgehead atoms. The van der Waals surface area contributed by atoms with Gasteiger partial charge in [0.15, 0.2) is 0 Å². The highest BCUT2D eigenvalue weighted by Gasteiger charge is 2.28. The summed E-state index contributed by atoms with van der Waals surface area (Å²) in [6.07, 6.45) is 10.5. The summed E-state index contributed by atoms with van der Waals surface area (Å²) in [5.74, 6) is 1.49. The lowest BCUT2D eigenvalue weighted by molar-refractivity contribution is 0.245. The maximum Gasteiger partial charge on any atom is 0.129 e. The van der Waals surface area contributed by atoms with Gasteiger partial charge < -0.3 is 16.0 Å². The van der Waals surface area contributed by atoms with Crippen LogP contribution in [0.5, 0.6) is 0 Å². The van der Waals surface area contributed by atoms with E-state index in [-0.39, 0.29) is 0 Å². The van der Waals surface area contributed by atoms with E-state index in [0.29, 0.717) is 12.0 Å². The van der Waals surface area contributed by atoms with Crippen molar-refractivity contribution in [3.05, 3.63) is 18.1 Å². The molecule has 1 heterocycles. The zero-order chi connectivity index (χ0) is 15.4. The van der Waals surface area contributed by atoms with Gasteiger partial charge in [0.05, 0.1) is 0 Å². The zero-order valence-corrected chi connectivity index (χ0v) is 13.7. The van der Waals surface area contributed by atoms with E-state index in [0.717, 1.165) is 49.9 Å². The molecule has 122 valence electrons. The van der Waals surface area contributed by atoms with E-state index >= 15 is 0 Å². The van der Waals surface area contributed by atoms with Crippen LogP contribution in [-0.2, 0) is 0 Å². The highest BCUT2D eigenvalue weighted by molar-refractivity contribution is 5.36. The van der Waals surface area contributed by atoms with Gasteiger partial charge in [-0.3, -0.25) is 0 Å². The van der Waals surface area contributed by atoms with Crippen molar-refractivity contribution in [2.75, 3.05) is 25.5 Å². The summed E-state index contributed by atoms with van der Waals surface area (Å²) < 4.78 is 0. The van der Waals surface area contributed by atoms with Gasteiger partial charge >= 0.3 is 0 Å². The lowest BCUT2D eigenvalue weighted by atomic mass is 9.79. The van der Waals surface area contributed by atoms with Crippen LogP contribution in [0, 0.1) is 0 Å². The molecule has 3 N–H and O–H groups in total. The second-order valence-electron chi connectivity index (χ2n) is 6.96. The predicted octanol–water partition coefficient (Wildman–Crippen LogP) is 2.36. The minimum Gasteiger partial charge on any atom is -0.370 e. The van der Waals surface area contributed by atoms with Crippen molar-refractivity contribution in [1.82, 2.24) is 14.9 Å². The van der Waals surface area contributed by atoms with Gasteiger partial charge in [-0.05, 0) is 45.7 Å². The molecule has 2 aliphatic carbocycles. The van der Waals surface area contributed by atoms with Gasteiger partial charge in [-0.1, -0.05) is 12.8 Å². The third-order valence-corrected chi connectivity index (χ3v) is 5.22. The molecule has 2 saturated carbocycles. The number of nitrogens with one attached hydrogen (secondary N) is 1. The lowest BCUT2D eigenvalue weighted by Crippen LogP contribution is -2.35. The van der Waals surface area contributed by atoms with Gasteiger partial charge in [0.2, 0.25) is 0 Å². The average molecular weight is 303 g/mol. The average Bonchev–Trinajstić information content (AvgIpc) is 3.03. The van der Waals surface area contributed by atoms with Crippen LogP contribution < -0.4 is 11.1 Å². The largest absolute Gasteiger partial charge is 0.370 e. The lowest BCUT2D eigenvalue weighted by Gasteiger charge is -2.31. The Kier molecular flexibility index (Phi) is 5.26. The second kappa shape index (κ2) is 7.38. The van der Waals surface area contributed by atoms with Crippen LogP contribution in [0.2, 0.25) is 0 Å². The van der Waals surface area contributed by atoms with Crippen LogP contribution in [-0.4, -0.2) is 47.1 Å². The highest BCUT2D eigenvalue weighted by atomic mass is 15.1. The van der Waals surface area contributed by atoms with Crippen molar-refractivity contribution >= 4 is 5.82 Å². The Balaban J connectivity index is 1.39. The molecule has 5 heteroatoms. The quantitative estimate of drug-likeness (QED) is 0.757. The first kappa shape index (κ1) is 15.7. The number of hydrogen-bond acceptors (Lipinski definition) is 5. The summed E-state index contributed by atoms with van der Waals surface area (Å²) in [5, 5.41) is 3.44. The van der Waals surface area contributed by atoms with E-state index in [1.807, 2.05) is 0 Å². The van der Waals surface area contributed by atoms with E-state index in [4.69, 9.17) is 5.73 Å². The van der Waals surface area contributed by atoms with Crippen LogP contribution in [0.3, 0.4) is 0 Å². The maximum atomic E-state index is 5.86. The Hall–Kier alpha value is -1.20. The Morgan fingerprint density at radius 1 is 1.27 bits per heavy atom. The number of anilines is 1. The molecule has 0 aromatic carbocycles. The molecular weight excluding hydrogens is 274 g/mol. The molecule has 0 saturated heterocycles. The monoisotopic (exact) mass is 303 g/mol. The fourth-order valence-corrected chi connectivity index (χ4v) is 3.67. The van der Waals surface area contributed by atoms with E-state index in [1.165, 1.54) is 25.7 Å². The highest BCUT2D eigenvalue weighted by Crippen LogP contribution is 2.34. The van der Waals surface area contributed by atoms with E-state index < -0.39 is 0 Å². The topological polar surface area (TPSA) is 67.1 Å². The Bertz CT molecular complexity index is 466. The van der Waals surface area contributed by atoms with Crippen molar-refractivity contribution in [1.29, 1.82) is 0 Å². The molecule has 5 nitrogen and oxygen atoms in total. The van der Waals surface area contributed by atoms with Gasteiger partial charge in [-0.25, -0.2) is 9.97 Å². The first-order valence-electron chi connectivity index (χ1n) is 8.74. The SMILES string of the molecule is CN(CCCNc1cc(C2CC(N)C2)ncn1)C1CCCC1. The van der Waals surface area contributed by atoms with Crippen LogP contribution in [0.1, 0.15) is 56.6 Å². The molecule has 3 rings (SSSR count). The van der Waals surface area contributed by atoms with E-state index in [2.05, 4.69) is 33.3 Å². The molecule has 0 unspecified atom stereocenters. The van der Waals surface area contributed by atoms with Crippen LogP contribution in [0.4, 0.5) is 5.82 Å². The van der Waals surface area contributed by atoms with Crippen molar-refractivity contribution in [3.8, 4) is 0 Å². The number of nitrogens with two attached hydrogens (primary N) is 1. The molecular formula is C17H29N5. The van der Waals surface area contributed by atoms with Gasteiger partial charge in [0.1, 0.15) is 12.1 Å². The molecule has 2 fully saturated rings. The molecule has 0 amide bonds. The minimum atomic E-state index is 0.363. The predicted molar refractivity (Wildman–Crippen MR) is 90.0 cm³/mol. The molecule has 1 aromatic heterocycles. The Morgan fingerprint density at radius 3 is 2.77 bits per heavy atom. The zero-order valence-electron chi connectivity index (χ0n) is 13.7. The second-order valence-corrected chi connectivity index (χ2v) is 6.96. The maximum absolute atomic E-state index is 5.86. The molecule has 0 radical (unpaired) electrons. The van der Waals surface area contributed by atoms with Crippen molar-refractivity contribution in [2.45, 2.75) is 62.9 Å². The summed E-state index contributed by atoms with van der Waals surface area (Å²) >= 11 is 0. The van der Waals surface area contributed by atoms with Gasteiger partial charge in [-0.2, -0.15) is 0 Å². The fraction of sp³-hybridized carbons (Fsp3) is 0.765. The third kappa shape index (κ3) is 3.96. The van der Waals surface area contributed by atoms with Gasteiger partial charge in [-0.15, -0.1) is 0 Å². The summed E-state index contributed by atoms with van der Waals surface area (Å²) in [4.78, 5) is 11.2. The number of nitrogens with zero attached hydrogens (tertiary/aromatic N) is 3. The molecule has 0 aliphatic heterocycles. The van der Waals surface area contributed by atoms with E-state index in [1.54, 1.807) is 6.33 Å². The molecule has 2 aliphatic rings. The number of rotatable bonds is 7. The van der Waals surface area contributed by atoms with Gasteiger partial charge in [0.25, 0.3) is 0 Å². The number of hydrogen-bond donors (Lipinski definition) is 2. The smallest absolute Gasteiger partial charge is 0.129 e. The summed E-state index contributed by atoms with van der Waals surface area (Å²) in [6, 6.07) is 3.27. The summed E-state index contributed by atoms with van der Waals surface area (Å²) in [7, 11) is 2.26. The third-order valence-electron chi connectivity index (χ3n) is 5.22. The minimum absolute atomic E-state index is 0.363. The number of aromatic nitrogens is 2. The molecule has 22 heavy (non-hydrogen) atoms. The fourth-order valence-electron chi connectivity index (χ4n) is 3.67. The molecule has 0 spiro atoms. The Morgan fingerprint density at radius 2 is 2.05 bits per heavy atom. The molecule has 0 atom stereocenters. The van der Waals surface area contributed by atoms with Crippen molar-refractivity contribution in [3.63, 3.8) is 0 Å². The molecule has 1 aromatic rings. The van der Waals surface area contributed by atoms with Crippen LogP contribution >= 0.6 is 0 Å². The van der Waals surface area contributed by atoms with Crippen molar-refractivity contribution in [2.24, 2.45) is 5.73 Å². The first-order valence-corrected chi connectivity index (χ1v) is 8.74. The normalized spacial score (nSPS) is 25.4. The Labute approximate surface area is 133 Å². The van der Waals surface area contributed by atoms with Crippen LogP contribution in [0.15, 0.2) is 12.4 Å². The summed E-state index contributed by atoms with van der Waals surface area (Å²) in [5.41, 5.74) is 7.00. The first-order chi connectivity index (χ1) is 10.7. The van der Waals surface area contributed by atoms with E-state index in [9.17, 15) is 0 Å². The van der Waals surface area contributed by atoms with Crippen molar-refractivity contribution < 1.29 is 0 Å². The van der Waals surface area contributed by atoms with Gasteiger partial charge in [0, 0.05) is 36.3 Å². The standard InChI is InChI=1S/C17H29N5/c1-22(15-5-2-3-6-15)8-4-7-19-17-11-16(20-12-21-17)13-9-14(18)10-13/h11-15H,2-10,18H2,1H3,(H,19,20,21).